The van der Waals surface area contributed by atoms with Gasteiger partial charge in [0.2, 0.25) is 21.4 Å². The highest BCUT2D eigenvalue weighted by atomic mass is 32.2. The smallest absolute Gasteiger partial charge is 0.323 e. The molecule has 3 amide bonds. The number of aliphatic carboxylic acids is 1. The minimum Gasteiger partial charge on any atom is -0.494 e. The third kappa shape index (κ3) is 19.4. The molecule has 0 saturated heterocycles. The van der Waals surface area contributed by atoms with Crippen LogP contribution in [0.15, 0.2) is 128 Å². The second-order valence-electron chi connectivity index (χ2n) is 18.5. The number of hydrogen-bond acceptors (Lipinski definition) is 16. The van der Waals surface area contributed by atoms with E-state index in [4.69, 9.17) is 18.9 Å². The number of carboxylic acids is 1. The van der Waals surface area contributed by atoms with Crippen molar-refractivity contribution in [3.63, 3.8) is 0 Å². The molecule has 0 aliphatic carbocycles. The molecule has 24 nitrogen and oxygen atoms in total. The van der Waals surface area contributed by atoms with Crippen LogP contribution in [0, 0.1) is 13.8 Å². The van der Waals surface area contributed by atoms with Crippen LogP contribution < -0.4 is 36.2 Å². The molecule has 0 aliphatic rings. The molecule has 2 heterocycles. The van der Waals surface area contributed by atoms with Crippen LogP contribution in [0.25, 0.3) is 10.9 Å². The quantitative estimate of drug-likeness (QED) is 0.0144. The molecule has 81 heavy (non-hydrogen) atoms. The third-order valence-corrected chi connectivity index (χ3v) is 15.0. The van der Waals surface area contributed by atoms with Gasteiger partial charge in [0.05, 0.1) is 60.6 Å². The van der Waals surface area contributed by atoms with Crippen molar-refractivity contribution < 1.29 is 64.6 Å². The number of sulfonamides is 1. The Morgan fingerprint density at radius 3 is 2.07 bits per heavy atom. The number of azo groups is 1. The Kier molecular flexibility index (Phi) is 23.6. The van der Waals surface area contributed by atoms with E-state index in [1.54, 1.807) is 60.3 Å². The van der Waals surface area contributed by atoms with Crippen LogP contribution in [0.3, 0.4) is 0 Å². The van der Waals surface area contributed by atoms with E-state index in [-0.39, 0.29) is 63.3 Å². The first kappa shape index (κ1) is 62.3. The maximum absolute atomic E-state index is 13.6. The summed E-state index contributed by atoms with van der Waals surface area (Å²) in [7, 11) is -7.16. The molecular formula is C55H67N9O15S2. The Morgan fingerprint density at radius 1 is 0.753 bits per heavy atom. The lowest BCUT2D eigenvalue weighted by Crippen LogP contribution is -2.49. The largest absolute Gasteiger partial charge is 0.494 e. The zero-order valence-corrected chi connectivity index (χ0v) is 46.7. The molecule has 0 unspecified atom stereocenters. The summed E-state index contributed by atoms with van der Waals surface area (Å²) in [6.07, 6.45) is 4.88. The van der Waals surface area contributed by atoms with Crippen LogP contribution >= 0.6 is 0 Å². The van der Waals surface area contributed by atoms with Crippen LogP contribution in [0.5, 0.6) is 5.75 Å². The fourth-order valence-corrected chi connectivity index (χ4v) is 10.6. The summed E-state index contributed by atoms with van der Waals surface area (Å²) in [6.45, 7) is 6.11. The number of carboxylic acid groups (broad SMARTS) is 1. The summed E-state index contributed by atoms with van der Waals surface area (Å²) in [5.41, 5.74) is 2.40. The van der Waals surface area contributed by atoms with Gasteiger partial charge in [-0.2, -0.15) is 23.4 Å². The molecule has 6 rings (SSSR count). The number of amides is 3. The molecule has 26 heteroatoms. The maximum Gasteiger partial charge on any atom is 0.323 e. The summed E-state index contributed by atoms with van der Waals surface area (Å²) in [5, 5.41) is 29.6. The number of H-pyrrole nitrogens is 1. The molecule has 0 aliphatic heterocycles. The monoisotopic (exact) mass is 1160 g/mol. The lowest BCUT2D eigenvalue weighted by atomic mass is 10.1. The van der Waals surface area contributed by atoms with Gasteiger partial charge in [-0.15, -0.1) is 0 Å². The first-order chi connectivity index (χ1) is 38.8. The molecule has 2 aromatic heterocycles. The lowest BCUT2D eigenvalue weighted by Gasteiger charge is -2.19. The van der Waals surface area contributed by atoms with Gasteiger partial charge >= 0.3 is 5.97 Å². The minimum atomic E-state index is -4.45. The van der Waals surface area contributed by atoms with Gasteiger partial charge in [0, 0.05) is 76.2 Å². The fraction of sp³-hybridized carbons (Fsp3) is 0.364. The van der Waals surface area contributed by atoms with E-state index in [2.05, 4.69) is 41.2 Å². The third-order valence-electron chi connectivity index (χ3n) is 12.3. The predicted molar refractivity (Wildman–Crippen MR) is 300 cm³/mol. The van der Waals surface area contributed by atoms with Crippen molar-refractivity contribution in [2.45, 2.75) is 68.5 Å². The zero-order valence-electron chi connectivity index (χ0n) is 45.1. The van der Waals surface area contributed by atoms with Gasteiger partial charge in [-0.1, -0.05) is 24.3 Å². The van der Waals surface area contributed by atoms with E-state index in [0.29, 0.717) is 107 Å². The number of nitrogens with one attached hydrogen (secondary N) is 6. The van der Waals surface area contributed by atoms with Gasteiger partial charge < -0.3 is 54.9 Å². The Balaban J connectivity index is 0.779. The molecule has 0 saturated carbocycles. The number of anilines is 1. The first-order valence-electron chi connectivity index (χ1n) is 25.9. The van der Waals surface area contributed by atoms with E-state index in [0.717, 1.165) is 11.4 Å². The van der Waals surface area contributed by atoms with Crippen molar-refractivity contribution in [1.82, 2.24) is 30.2 Å². The van der Waals surface area contributed by atoms with E-state index < -0.39 is 50.0 Å². The Labute approximate surface area is 468 Å². The number of rotatable bonds is 34. The van der Waals surface area contributed by atoms with E-state index >= 15 is 0 Å². The molecule has 0 radical (unpaired) electrons. The zero-order chi connectivity index (χ0) is 58.4. The predicted octanol–water partition coefficient (Wildman–Crippen LogP) is 5.32. The Morgan fingerprint density at radius 2 is 1.42 bits per heavy atom. The van der Waals surface area contributed by atoms with Crippen molar-refractivity contribution in [2.24, 2.45) is 17.3 Å². The van der Waals surface area contributed by atoms with Crippen LogP contribution in [0.2, 0.25) is 0 Å². The molecule has 0 bridgehead atoms. The van der Waals surface area contributed by atoms with Gasteiger partial charge in [0.15, 0.2) is 0 Å². The van der Waals surface area contributed by atoms with Crippen LogP contribution in [-0.4, -0.2) is 132 Å². The fourth-order valence-electron chi connectivity index (χ4n) is 8.26. The van der Waals surface area contributed by atoms with Crippen molar-refractivity contribution >= 4 is 66.2 Å². The van der Waals surface area contributed by atoms with Gasteiger partial charge in [0.1, 0.15) is 23.2 Å². The number of fused-ring (bicyclic) bond motifs is 1. The van der Waals surface area contributed by atoms with E-state index in [1.807, 2.05) is 18.2 Å². The summed E-state index contributed by atoms with van der Waals surface area (Å²) in [5.74, 6) is -1.67. The molecule has 8 N–H and O–H groups in total. The topological polar surface area (TPSA) is 337 Å². The van der Waals surface area contributed by atoms with Crippen molar-refractivity contribution in [1.29, 1.82) is 0 Å². The number of hydrogen-bond donors (Lipinski definition) is 8. The molecule has 1 atom stereocenters. The number of carbonyl (C=O) groups is 4. The van der Waals surface area contributed by atoms with E-state index in [9.17, 15) is 50.5 Å². The van der Waals surface area contributed by atoms with Crippen molar-refractivity contribution in [3.8, 4) is 5.75 Å². The molecular weight excluding hydrogens is 1090 g/mol. The number of carbonyl (C=O) groups excluding carboxylic acids is 3. The van der Waals surface area contributed by atoms with Crippen LogP contribution in [-0.2, 0) is 64.1 Å². The van der Waals surface area contributed by atoms with Crippen LogP contribution in [0.1, 0.15) is 68.7 Å². The van der Waals surface area contributed by atoms with Gasteiger partial charge in [0.25, 0.3) is 21.9 Å². The lowest BCUT2D eigenvalue weighted by molar-refractivity contribution is -0.138. The van der Waals surface area contributed by atoms with Crippen LogP contribution in [0.4, 0.5) is 11.5 Å². The summed E-state index contributed by atoms with van der Waals surface area (Å²) in [6, 6.07) is 22.5. The molecule has 0 spiro atoms. The standard InChI is InChI=1S/C55H67N9O15S2/c1-37-30-43(31-38(2)52(37)80(71,72)63-46(55(69)70)35-60-54(68)45-36-64(3)47-32-39(14-19-44(47)51(45)66)33-59-49-12-6-20-56-49)79-25-7-13-50(65)57-21-8-23-76-26-28-78-29-27-77-24-9-22-58-53(67)40-15-17-42(18-16-40)62-61-34-41-10-4-5-11-48(41)81(73,74)75/h4-6,10-12,14-20,30-32,36,46,56,59,63H,7-9,13,21-29,33-35H2,1-3H3,(H,57,65)(H,58,67)(H,60,68)(H,69,70)(H,73,74,75)/t46-/m0/s1. The van der Waals surface area contributed by atoms with Gasteiger partial charge in [-0.05, 0) is 122 Å². The summed E-state index contributed by atoms with van der Waals surface area (Å²) < 4.78 is 86.0. The number of ether oxygens (including phenoxy) is 4. The normalized spacial score (nSPS) is 12.1. The highest BCUT2D eigenvalue weighted by Crippen LogP contribution is 2.27. The molecule has 0 fully saturated rings. The number of aromatic nitrogens is 2. The molecule has 4 aromatic carbocycles. The van der Waals surface area contributed by atoms with Gasteiger partial charge in [-0.25, -0.2) is 8.42 Å². The number of nitrogens with zero attached hydrogens (tertiary/aromatic N) is 3. The first-order valence-corrected chi connectivity index (χ1v) is 28.8. The highest BCUT2D eigenvalue weighted by Gasteiger charge is 2.29. The van der Waals surface area contributed by atoms with Crippen molar-refractivity contribution in [2.75, 3.05) is 71.2 Å². The second kappa shape index (κ2) is 30.7. The summed E-state index contributed by atoms with van der Waals surface area (Å²) >= 11 is 0. The van der Waals surface area contributed by atoms with Crippen molar-refractivity contribution in [3.05, 3.63) is 147 Å². The van der Waals surface area contributed by atoms with E-state index in [1.165, 1.54) is 50.4 Å². The average molecular weight is 1160 g/mol. The van der Waals surface area contributed by atoms with Gasteiger partial charge in [-0.3, -0.25) is 28.5 Å². The summed E-state index contributed by atoms with van der Waals surface area (Å²) in [4.78, 5) is 66.5. The Hall–Kier alpha value is -7.85. The highest BCUT2D eigenvalue weighted by molar-refractivity contribution is 7.89. The number of benzene rings is 4. The molecule has 6 aromatic rings. The SMILES string of the molecule is Cc1cc(OCCCC(=O)NCCCOCCOCCOCCCNC(=O)c2ccc(N=NCc3ccccc3S(=O)(=O)O)cc2)cc(C)c1S(=O)(=O)N[C@@H](CNC(=O)c1cn(C)c2cc(CNc3ccc[nH]3)ccc2c1=O)C(=O)O. The average Bonchev–Trinajstić information content (AvgIpc) is 3.96. The minimum absolute atomic E-state index is 0.0581. The second-order valence-corrected chi connectivity index (χ2v) is 21.6. The number of aryl methyl sites for hydroxylation is 3. The molecule has 434 valence electrons. The number of pyridine rings is 1. The maximum atomic E-state index is 13.6. The number of aromatic amines is 1. The Bertz CT molecular complexity index is 3410.